The number of rotatable bonds is 4. The van der Waals surface area contributed by atoms with E-state index < -0.39 is 0 Å². The summed E-state index contributed by atoms with van der Waals surface area (Å²) < 4.78 is 2.26. The highest BCUT2D eigenvalue weighted by atomic mass is 16.1. The molecule has 3 rings (SSSR count). The highest BCUT2D eigenvalue weighted by Crippen LogP contribution is 2.23. The van der Waals surface area contributed by atoms with Crippen molar-refractivity contribution < 1.29 is 4.79 Å². The number of aromatic nitrogens is 2. The Bertz CT molecular complexity index is 806. The average molecular weight is 293 g/mol. The van der Waals surface area contributed by atoms with Crippen LogP contribution in [-0.2, 0) is 17.8 Å². The fourth-order valence-corrected chi connectivity index (χ4v) is 2.80. The lowest BCUT2D eigenvalue weighted by molar-refractivity contribution is -0.115. The maximum atomic E-state index is 12.1. The zero-order chi connectivity index (χ0) is 15.5. The Balaban J connectivity index is 1.78. The quantitative estimate of drug-likeness (QED) is 0.799. The molecule has 1 aromatic carbocycles. The molecule has 0 aliphatic heterocycles. The van der Waals surface area contributed by atoms with Crippen molar-refractivity contribution in [3.05, 3.63) is 60.0 Å². The van der Waals surface area contributed by atoms with Crippen LogP contribution in [0.4, 0.5) is 5.69 Å². The molecule has 0 fully saturated rings. The summed E-state index contributed by atoms with van der Waals surface area (Å²) in [6.45, 7) is 5.18. The number of carbonyl (C=O) groups is 1. The molecule has 0 aliphatic carbocycles. The molecule has 0 saturated carbocycles. The normalized spacial score (nSPS) is 10.8. The van der Waals surface area contributed by atoms with E-state index in [0.29, 0.717) is 6.42 Å². The zero-order valence-corrected chi connectivity index (χ0v) is 12.8. The molecule has 0 bridgehead atoms. The van der Waals surface area contributed by atoms with Gasteiger partial charge in [-0.2, -0.15) is 0 Å². The zero-order valence-electron chi connectivity index (χ0n) is 12.8. The maximum absolute atomic E-state index is 12.1. The second-order valence-corrected chi connectivity index (χ2v) is 5.39. The van der Waals surface area contributed by atoms with E-state index in [2.05, 4.69) is 40.8 Å². The molecule has 4 heteroatoms. The number of anilines is 1. The van der Waals surface area contributed by atoms with E-state index in [4.69, 9.17) is 0 Å². The van der Waals surface area contributed by atoms with Gasteiger partial charge in [-0.15, -0.1) is 0 Å². The molecule has 0 unspecified atom stereocenters. The summed E-state index contributed by atoms with van der Waals surface area (Å²) in [5, 5.41) is 4.10. The highest BCUT2D eigenvalue weighted by Gasteiger charge is 2.07. The van der Waals surface area contributed by atoms with E-state index in [1.807, 2.05) is 24.3 Å². The minimum Gasteiger partial charge on any atom is -0.345 e. The Morgan fingerprint density at radius 2 is 2.14 bits per heavy atom. The molecule has 22 heavy (non-hydrogen) atoms. The maximum Gasteiger partial charge on any atom is 0.228 e. The van der Waals surface area contributed by atoms with Crippen molar-refractivity contribution in [2.24, 2.45) is 0 Å². The van der Waals surface area contributed by atoms with Gasteiger partial charge in [0, 0.05) is 41.2 Å². The van der Waals surface area contributed by atoms with Crippen LogP contribution < -0.4 is 5.32 Å². The molecule has 0 spiro atoms. The largest absolute Gasteiger partial charge is 0.345 e. The molecular weight excluding hydrogens is 274 g/mol. The number of fused-ring (bicyclic) bond motifs is 1. The monoisotopic (exact) mass is 293 g/mol. The Kier molecular flexibility index (Phi) is 3.92. The summed E-state index contributed by atoms with van der Waals surface area (Å²) in [4.78, 5) is 16.1. The molecule has 0 aliphatic rings. The first-order valence-electron chi connectivity index (χ1n) is 7.46. The third kappa shape index (κ3) is 2.86. The van der Waals surface area contributed by atoms with Gasteiger partial charge in [0.25, 0.3) is 0 Å². The lowest BCUT2D eigenvalue weighted by Crippen LogP contribution is -2.14. The molecule has 1 amide bonds. The van der Waals surface area contributed by atoms with Crippen molar-refractivity contribution in [1.82, 2.24) is 9.55 Å². The van der Waals surface area contributed by atoms with Crippen molar-refractivity contribution in [3.63, 3.8) is 0 Å². The smallest absolute Gasteiger partial charge is 0.228 e. The van der Waals surface area contributed by atoms with E-state index in [1.54, 1.807) is 12.4 Å². The van der Waals surface area contributed by atoms with Gasteiger partial charge in [-0.25, -0.2) is 0 Å². The van der Waals surface area contributed by atoms with Crippen LogP contribution >= 0.6 is 0 Å². The lowest BCUT2D eigenvalue weighted by atomic mass is 10.2. The van der Waals surface area contributed by atoms with Crippen LogP contribution in [0.25, 0.3) is 10.9 Å². The van der Waals surface area contributed by atoms with Crippen molar-refractivity contribution in [2.45, 2.75) is 26.8 Å². The molecule has 1 N–H and O–H groups in total. The topological polar surface area (TPSA) is 46.9 Å². The van der Waals surface area contributed by atoms with Gasteiger partial charge in [0.15, 0.2) is 0 Å². The molecule has 4 nitrogen and oxygen atoms in total. The third-order valence-electron chi connectivity index (χ3n) is 3.80. The van der Waals surface area contributed by atoms with Gasteiger partial charge < -0.3 is 9.88 Å². The van der Waals surface area contributed by atoms with E-state index in [-0.39, 0.29) is 5.91 Å². The van der Waals surface area contributed by atoms with Crippen molar-refractivity contribution in [2.75, 3.05) is 5.32 Å². The summed E-state index contributed by atoms with van der Waals surface area (Å²) in [5.41, 5.74) is 4.17. The molecule has 0 radical (unpaired) electrons. The fourth-order valence-electron chi connectivity index (χ4n) is 2.80. The van der Waals surface area contributed by atoms with Crippen LogP contribution in [0.5, 0.6) is 0 Å². The number of pyridine rings is 1. The number of amides is 1. The first kappa shape index (κ1) is 14.3. The predicted octanol–water partition coefficient (Wildman–Crippen LogP) is 3.55. The van der Waals surface area contributed by atoms with Crippen LogP contribution in [0.1, 0.15) is 18.2 Å². The first-order valence-corrected chi connectivity index (χ1v) is 7.46. The Morgan fingerprint density at radius 3 is 2.86 bits per heavy atom. The van der Waals surface area contributed by atoms with Crippen molar-refractivity contribution >= 4 is 22.5 Å². The summed E-state index contributed by atoms with van der Waals surface area (Å²) >= 11 is 0. The Hall–Kier alpha value is -2.62. The van der Waals surface area contributed by atoms with Gasteiger partial charge in [0.05, 0.1) is 6.42 Å². The average Bonchev–Trinajstić information content (AvgIpc) is 2.82. The van der Waals surface area contributed by atoms with Crippen LogP contribution in [-0.4, -0.2) is 15.5 Å². The molecule has 0 saturated heterocycles. The van der Waals surface area contributed by atoms with Crippen LogP contribution in [0.2, 0.25) is 0 Å². The second kappa shape index (κ2) is 6.02. The molecule has 2 heterocycles. The number of nitrogens with one attached hydrogen (secondary N) is 1. The van der Waals surface area contributed by atoms with Crippen LogP contribution in [0.15, 0.2) is 48.8 Å². The summed E-state index contributed by atoms with van der Waals surface area (Å²) in [7, 11) is 0. The van der Waals surface area contributed by atoms with Crippen LogP contribution in [0, 0.1) is 6.92 Å². The van der Waals surface area contributed by atoms with Gasteiger partial charge >= 0.3 is 0 Å². The minimum atomic E-state index is -0.0287. The minimum absolute atomic E-state index is 0.0287. The van der Waals surface area contributed by atoms with Crippen LogP contribution in [0.3, 0.4) is 0 Å². The summed E-state index contributed by atoms with van der Waals surface area (Å²) in [5.74, 6) is -0.0287. The third-order valence-corrected chi connectivity index (χ3v) is 3.80. The first-order chi connectivity index (χ1) is 10.7. The number of hydrogen-bond donors (Lipinski definition) is 1. The highest BCUT2D eigenvalue weighted by molar-refractivity contribution is 5.95. The molecule has 112 valence electrons. The summed E-state index contributed by atoms with van der Waals surface area (Å²) in [6, 6.07) is 11.9. The van der Waals surface area contributed by atoms with Gasteiger partial charge in [-0.05, 0) is 49.7 Å². The van der Waals surface area contributed by atoms with E-state index in [9.17, 15) is 4.79 Å². The Labute approximate surface area is 129 Å². The van der Waals surface area contributed by atoms with Crippen molar-refractivity contribution in [3.8, 4) is 0 Å². The Morgan fingerprint density at radius 1 is 1.27 bits per heavy atom. The molecule has 0 atom stereocenters. The fraction of sp³-hybridized carbons (Fsp3) is 0.222. The van der Waals surface area contributed by atoms with Crippen molar-refractivity contribution in [1.29, 1.82) is 0 Å². The van der Waals surface area contributed by atoms with E-state index >= 15 is 0 Å². The predicted molar refractivity (Wildman–Crippen MR) is 88.9 cm³/mol. The van der Waals surface area contributed by atoms with E-state index in [0.717, 1.165) is 23.2 Å². The van der Waals surface area contributed by atoms with Gasteiger partial charge in [-0.1, -0.05) is 6.07 Å². The molecule has 2 aromatic heterocycles. The van der Waals surface area contributed by atoms with Gasteiger partial charge in [0.2, 0.25) is 5.91 Å². The SMILES string of the molecule is CCn1c(C)cc2cc(NC(=O)Cc3cccnc3)ccc21. The standard InChI is InChI=1S/C18H19N3O/c1-3-21-13(2)9-15-11-16(6-7-17(15)21)20-18(22)10-14-5-4-8-19-12-14/h4-9,11-12H,3,10H2,1-2H3,(H,20,22). The number of aryl methyl sites for hydroxylation is 2. The second-order valence-electron chi connectivity index (χ2n) is 5.39. The van der Waals surface area contributed by atoms with Gasteiger partial charge in [-0.3, -0.25) is 9.78 Å². The summed E-state index contributed by atoms with van der Waals surface area (Å²) in [6.07, 6.45) is 3.75. The molecule has 3 aromatic rings. The number of benzene rings is 1. The number of carbonyl (C=O) groups excluding carboxylic acids is 1. The lowest BCUT2D eigenvalue weighted by Gasteiger charge is -2.07. The van der Waals surface area contributed by atoms with Gasteiger partial charge in [0.1, 0.15) is 0 Å². The molecular formula is C18H19N3O. The van der Waals surface area contributed by atoms with E-state index in [1.165, 1.54) is 11.2 Å². The number of hydrogen-bond acceptors (Lipinski definition) is 2. The number of nitrogens with zero attached hydrogens (tertiary/aromatic N) is 2.